The topological polar surface area (TPSA) is 45.1 Å². The van der Waals surface area contributed by atoms with Crippen molar-refractivity contribution in [2.75, 3.05) is 5.32 Å². The molecule has 3 nitrogen and oxygen atoms in total. The van der Waals surface area contributed by atoms with Gasteiger partial charge in [0.25, 0.3) is 0 Å². The monoisotopic (exact) mass is 280 g/mol. The van der Waals surface area contributed by atoms with E-state index in [1.54, 1.807) is 23.5 Å². The van der Waals surface area contributed by atoms with E-state index in [1.165, 1.54) is 16.0 Å². The third kappa shape index (κ3) is 1.85. The van der Waals surface area contributed by atoms with Crippen molar-refractivity contribution in [1.82, 2.24) is 4.98 Å². The number of phenolic OH excluding ortho intramolecular Hbond substituents is 1. The van der Waals surface area contributed by atoms with Gasteiger partial charge in [-0.3, -0.25) is 0 Å². The lowest BCUT2D eigenvalue weighted by atomic mass is 10.1. The van der Waals surface area contributed by atoms with Crippen molar-refractivity contribution >= 4 is 22.2 Å². The van der Waals surface area contributed by atoms with Crippen LogP contribution in [0, 0.1) is 0 Å². The summed E-state index contributed by atoms with van der Waals surface area (Å²) in [6.45, 7) is 0. The van der Waals surface area contributed by atoms with Crippen molar-refractivity contribution in [3.63, 3.8) is 0 Å². The summed E-state index contributed by atoms with van der Waals surface area (Å²) in [5.74, 6) is 0.270. The highest BCUT2D eigenvalue weighted by molar-refractivity contribution is 7.16. The third-order valence-electron chi connectivity index (χ3n) is 3.44. The lowest BCUT2D eigenvalue weighted by Gasteiger charge is -2.03. The number of hydrogen-bond donors (Lipinski definition) is 2. The van der Waals surface area contributed by atoms with Gasteiger partial charge in [-0.15, -0.1) is 11.3 Å². The molecule has 0 atom stereocenters. The van der Waals surface area contributed by atoms with E-state index in [0.29, 0.717) is 0 Å². The number of phenols is 1. The number of nitrogens with zero attached hydrogens (tertiary/aromatic N) is 1. The molecule has 1 aliphatic carbocycles. The first-order valence-corrected chi connectivity index (χ1v) is 7.25. The molecule has 0 radical (unpaired) electrons. The molecule has 4 rings (SSSR count). The number of nitrogens with one attached hydrogen (secondary N) is 1. The van der Waals surface area contributed by atoms with Gasteiger partial charge in [0.15, 0.2) is 5.13 Å². The van der Waals surface area contributed by atoms with E-state index in [2.05, 4.69) is 29.6 Å². The summed E-state index contributed by atoms with van der Waals surface area (Å²) < 4.78 is 0. The molecule has 0 saturated heterocycles. The summed E-state index contributed by atoms with van der Waals surface area (Å²) in [5, 5.41) is 13.5. The highest BCUT2D eigenvalue weighted by Crippen LogP contribution is 2.41. The fourth-order valence-corrected chi connectivity index (χ4v) is 3.50. The minimum absolute atomic E-state index is 0.270. The van der Waals surface area contributed by atoms with Gasteiger partial charge >= 0.3 is 0 Å². The Bertz CT molecular complexity index is 777. The third-order valence-corrected chi connectivity index (χ3v) is 4.41. The van der Waals surface area contributed by atoms with E-state index in [-0.39, 0.29) is 5.75 Å². The molecular weight excluding hydrogens is 268 g/mol. The van der Waals surface area contributed by atoms with Crippen LogP contribution >= 0.6 is 11.3 Å². The van der Waals surface area contributed by atoms with Crippen LogP contribution in [-0.2, 0) is 6.42 Å². The summed E-state index contributed by atoms with van der Waals surface area (Å²) in [5.41, 5.74) is 4.64. The lowest BCUT2D eigenvalue weighted by molar-refractivity contribution is 0.475. The molecule has 4 heteroatoms. The van der Waals surface area contributed by atoms with Crippen LogP contribution in [0.25, 0.3) is 11.3 Å². The number of aromatic hydroxyl groups is 1. The van der Waals surface area contributed by atoms with Crippen LogP contribution in [0.15, 0.2) is 48.5 Å². The van der Waals surface area contributed by atoms with Gasteiger partial charge in [-0.05, 0) is 29.8 Å². The number of rotatable bonds is 2. The fourth-order valence-electron chi connectivity index (χ4n) is 2.48. The van der Waals surface area contributed by atoms with Gasteiger partial charge in [0, 0.05) is 22.5 Å². The SMILES string of the molecule is Oc1ccc(Nc2nc3c(s2)Cc2ccccc2-3)cc1. The summed E-state index contributed by atoms with van der Waals surface area (Å²) in [7, 11) is 0. The molecule has 0 spiro atoms. The molecule has 0 bridgehead atoms. The average Bonchev–Trinajstić information content (AvgIpc) is 2.98. The van der Waals surface area contributed by atoms with Crippen molar-refractivity contribution in [1.29, 1.82) is 0 Å². The molecule has 1 heterocycles. The Morgan fingerprint density at radius 1 is 1.05 bits per heavy atom. The number of fused-ring (bicyclic) bond motifs is 3. The summed E-state index contributed by atoms with van der Waals surface area (Å²) in [6, 6.07) is 15.4. The maximum Gasteiger partial charge on any atom is 0.187 e. The number of hydrogen-bond acceptors (Lipinski definition) is 4. The first-order chi connectivity index (χ1) is 9.79. The van der Waals surface area contributed by atoms with E-state index in [4.69, 9.17) is 4.98 Å². The maximum atomic E-state index is 9.29. The van der Waals surface area contributed by atoms with Gasteiger partial charge in [0.05, 0.1) is 5.69 Å². The second-order valence-electron chi connectivity index (χ2n) is 4.80. The van der Waals surface area contributed by atoms with Crippen LogP contribution < -0.4 is 5.32 Å². The van der Waals surface area contributed by atoms with Crippen LogP contribution in [0.4, 0.5) is 10.8 Å². The highest BCUT2D eigenvalue weighted by Gasteiger charge is 2.22. The second kappa shape index (κ2) is 4.35. The van der Waals surface area contributed by atoms with Gasteiger partial charge in [-0.2, -0.15) is 0 Å². The first kappa shape index (κ1) is 11.5. The Morgan fingerprint density at radius 2 is 1.85 bits per heavy atom. The van der Waals surface area contributed by atoms with Crippen molar-refractivity contribution in [3.8, 4) is 17.0 Å². The number of aromatic nitrogens is 1. The molecule has 2 N–H and O–H groups in total. The van der Waals surface area contributed by atoms with E-state index in [1.807, 2.05) is 12.1 Å². The number of thiazole rings is 1. The molecule has 2 aromatic carbocycles. The predicted molar refractivity (Wildman–Crippen MR) is 81.7 cm³/mol. The molecule has 0 amide bonds. The Labute approximate surface area is 120 Å². The molecule has 0 unspecified atom stereocenters. The van der Waals surface area contributed by atoms with Crippen molar-refractivity contribution in [2.24, 2.45) is 0 Å². The summed E-state index contributed by atoms with van der Waals surface area (Å²) >= 11 is 1.69. The minimum Gasteiger partial charge on any atom is -0.508 e. The average molecular weight is 280 g/mol. The van der Waals surface area contributed by atoms with Crippen LogP contribution in [0.3, 0.4) is 0 Å². The van der Waals surface area contributed by atoms with E-state index in [9.17, 15) is 5.11 Å². The fraction of sp³-hybridized carbons (Fsp3) is 0.0625. The zero-order chi connectivity index (χ0) is 13.5. The van der Waals surface area contributed by atoms with E-state index >= 15 is 0 Å². The Morgan fingerprint density at radius 3 is 2.70 bits per heavy atom. The largest absolute Gasteiger partial charge is 0.508 e. The lowest BCUT2D eigenvalue weighted by Crippen LogP contribution is -1.89. The van der Waals surface area contributed by atoms with E-state index in [0.717, 1.165) is 22.9 Å². The predicted octanol–water partition coefficient (Wildman–Crippen LogP) is 4.16. The summed E-state index contributed by atoms with van der Waals surface area (Å²) in [6.07, 6.45) is 0.973. The number of benzene rings is 2. The van der Waals surface area contributed by atoms with Gasteiger partial charge in [-0.1, -0.05) is 24.3 Å². The Kier molecular flexibility index (Phi) is 2.50. The molecule has 3 aromatic rings. The minimum atomic E-state index is 0.270. The van der Waals surface area contributed by atoms with Crippen molar-refractivity contribution in [3.05, 3.63) is 59.0 Å². The van der Waals surface area contributed by atoms with Gasteiger partial charge < -0.3 is 10.4 Å². The van der Waals surface area contributed by atoms with Crippen LogP contribution in [-0.4, -0.2) is 10.1 Å². The Hall–Kier alpha value is -2.33. The van der Waals surface area contributed by atoms with Crippen LogP contribution in [0.1, 0.15) is 10.4 Å². The smallest absolute Gasteiger partial charge is 0.187 e. The number of anilines is 2. The van der Waals surface area contributed by atoms with Crippen LogP contribution in [0.2, 0.25) is 0 Å². The van der Waals surface area contributed by atoms with Crippen molar-refractivity contribution in [2.45, 2.75) is 6.42 Å². The molecule has 1 aromatic heterocycles. The molecule has 0 fully saturated rings. The zero-order valence-electron chi connectivity index (χ0n) is 10.6. The standard InChI is InChI=1S/C16H12N2OS/c19-12-7-5-11(6-8-12)17-16-18-15-13-4-2-1-3-10(13)9-14(15)20-16/h1-8,19H,9H2,(H,17,18). The first-order valence-electron chi connectivity index (χ1n) is 6.43. The molecule has 20 heavy (non-hydrogen) atoms. The van der Waals surface area contributed by atoms with Gasteiger partial charge in [0.2, 0.25) is 0 Å². The molecule has 0 saturated carbocycles. The summed E-state index contributed by atoms with van der Waals surface area (Å²) in [4.78, 5) is 6.01. The molecule has 98 valence electrons. The normalized spacial score (nSPS) is 12.0. The van der Waals surface area contributed by atoms with Crippen molar-refractivity contribution < 1.29 is 5.11 Å². The molecule has 1 aliphatic rings. The molecular formula is C16H12N2OS. The van der Waals surface area contributed by atoms with Crippen LogP contribution in [0.5, 0.6) is 5.75 Å². The maximum absolute atomic E-state index is 9.29. The van der Waals surface area contributed by atoms with E-state index < -0.39 is 0 Å². The second-order valence-corrected chi connectivity index (χ2v) is 5.88. The highest BCUT2D eigenvalue weighted by atomic mass is 32.1. The van der Waals surface area contributed by atoms with Gasteiger partial charge in [0.1, 0.15) is 5.75 Å². The quantitative estimate of drug-likeness (QED) is 0.542. The Balaban J connectivity index is 1.66. The molecule has 0 aliphatic heterocycles. The van der Waals surface area contributed by atoms with Gasteiger partial charge in [-0.25, -0.2) is 4.98 Å². The zero-order valence-corrected chi connectivity index (χ0v) is 11.4.